The van der Waals surface area contributed by atoms with Crippen LogP contribution in [-0.2, 0) is 16.1 Å². The van der Waals surface area contributed by atoms with Gasteiger partial charge in [0.15, 0.2) is 0 Å². The summed E-state index contributed by atoms with van der Waals surface area (Å²) in [5.41, 5.74) is 2.78. The average Bonchev–Trinajstić information content (AvgIpc) is 3.09. The van der Waals surface area contributed by atoms with Gasteiger partial charge in [0.2, 0.25) is 5.91 Å². The first-order valence-electron chi connectivity index (χ1n) is 7.71. The van der Waals surface area contributed by atoms with Crippen molar-refractivity contribution in [2.45, 2.75) is 19.9 Å². The lowest BCUT2D eigenvalue weighted by atomic mass is 10.1. The molecule has 0 unspecified atom stereocenters. The number of hydrogen-bond acceptors (Lipinski definition) is 5. The van der Waals surface area contributed by atoms with E-state index in [2.05, 4.69) is 15.0 Å². The molecule has 2 aromatic rings. The minimum Gasteiger partial charge on any atom is -0.381 e. The van der Waals surface area contributed by atoms with Crippen molar-refractivity contribution in [3.05, 3.63) is 42.2 Å². The number of aromatic nitrogens is 3. The molecule has 0 spiro atoms. The van der Waals surface area contributed by atoms with Gasteiger partial charge in [0, 0.05) is 37.8 Å². The molecule has 3 heterocycles. The molecule has 1 saturated heterocycles. The normalized spacial score (nSPS) is 17.2. The smallest absolute Gasteiger partial charge is 0.228 e. The lowest BCUT2D eigenvalue weighted by Crippen LogP contribution is -2.33. The molecule has 0 saturated carbocycles. The zero-order valence-corrected chi connectivity index (χ0v) is 13.4. The first-order chi connectivity index (χ1) is 11.1. The van der Waals surface area contributed by atoms with Crippen LogP contribution in [0.25, 0.3) is 11.1 Å². The van der Waals surface area contributed by atoms with E-state index in [1.165, 1.54) is 0 Å². The number of hydrogen-bond donors (Lipinski definition) is 0. The van der Waals surface area contributed by atoms with E-state index in [0.717, 1.165) is 23.2 Å². The predicted molar refractivity (Wildman–Crippen MR) is 85.4 cm³/mol. The molecule has 0 radical (unpaired) electrons. The van der Waals surface area contributed by atoms with Crippen LogP contribution in [0.4, 0.5) is 0 Å². The van der Waals surface area contributed by atoms with Gasteiger partial charge in [-0.1, -0.05) is 0 Å². The summed E-state index contributed by atoms with van der Waals surface area (Å²) >= 11 is 0. The third-order valence-corrected chi connectivity index (χ3v) is 4.02. The van der Waals surface area contributed by atoms with Gasteiger partial charge in [0.1, 0.15) is 5.82 Å². The second-order valence-corrected chi connectivity index (χ2v) is 5.77. The Balaban J connectivity index is 1.84. The van der Waals surface area contributed by atoms with Crippen LogP contribution in [0.2, 0.25) is 0 Å². The molecule has 0 N–H and O–H groups in total. The van der Waals surface area contributed by atoms with Crippen molar-refractivity contribution in [1.82, 2.24) is 19.9 Å². The average molecular weight is 312 g/mol. The van der Waals surface area contributed by atoms with E-state index in [9.17, 15) is 4.79 Å². The summed E-state index contributed by atoms with van der Waals surface area (Å²) in [6.07, 6.45) is 6.08. The molecule has 1 amide bonds. The van der Waals surface area contributed by atoms with E-state index in [1.807, 2.05) is 32.3 Å². The molecule has 0 aromatic carbocycles. The first kappa shape index (κ1) is 15.6. The Morgan fingerprint density at radius 2 is 2.17 bits per heavy atom. The van der Waals surface area contributed by atoms with Crippen LogP contribution in [0.5, 0.6) is 0 Å². The van der Waals surface area contributed by atoms with Crippen LogP contribution in [0, 0.1) is 12.8 Å². The largest absolute Gasteiger partial charge is 0.381 e. The van der Waals surface area contributed by atoms with Crippen molar-refractivity contribution in [2.75, 3.05) is 20.3 Å². The maximum atomic E-state index is 12.5. The summed E-state index contributed by atoms with van der Waals surface area (Å²) < 4.78 is 5.31. The standard InChI is InChI=1S/C17H20N4O2/c1-12-19-9-15(13-3-6-18-7-4-13)16(20-12)10-21(2)17(22)14-5-8-23-11-14/h3-4,6-7,9,14H,5,8,10-11H2,1-2H3/t14-/m1/s1. The Bertz CT molecular complexity index is 684. The van der Waals surface area contributed by atoms with E-state index >= 15 is 0 Å². The van der Waals surface area contributed by atoms with Crippen molar-refractivity contribution >= 4 is 5.91 Å². The lowest BCUT2D eigenvalue weighted by molar-refractivity contribution is -0.134. The number of carbonyl (C=O) groups is 1. The van der Waals surface area contributed by atoms with Crippen LogP contribution >= 0.6 is 0 Å². The molecular weight excluding hydrogens is 292 g/mol. The third kappa shape index (κ3) is 3.53. The third-order valence-electron chi connectivity index (χ3n) is 4.02. The summed E-state index contributed by atoms with van der Waals surface area (Å²) in [4.78, 5) is 27.1. The summed E-state index contributed by atoms with van der Waals surface area (Å²) in [5, 5.41) is 0. The number of ether oxygens (including phenoxy) is 1. The van der Waals surface area contributed by atoms with Crippen LogP contribution < -0.4 is 0 Å². The first-order valence-corrected chi connectivity index (χ1v) is 7.71. The topological polar surface area (TPSA) is 68.2 Å². The van der Waals surface area contributed by atoms with Crippen LogP contribution in [0.1, 0.15) is 17.9 Å². The number of rotatable bonds is 4. The van der Waals surface area contributed by atoms with Crippen molar-refractivity contribution in [3.63, 3.8) is 0 Å². The van der Waals surface area contributed by atoms with Gasteiger partial charge in [0.25, 0.3) is 0 Å². The Labute approximate surface area is 135 Å². The molecule has 6 heteroatoms. The molecule has 2 aromatic heterocycles. The maximum absolute atomic E-state index is 12.5. The van der Waals surface area contributed by atoms with Gasteiger partial charge in [-0.2, -0.15) is 0 Å². The molecule has 6 nitrogen and oxygen atoms in total. The lowest BCUT2D eigenvalue weighted by Gasteiger charge is -2.21. The maximum Gasteiger partial charge on any atom is 0.228 e. The highest BCUT2D eigenvalue weighted by molar-refractivity contribution is 5.79. The van der Waals surface area contributed by atoms with E-state index in [-0.39, 0.29) is 11.8 Å². The molecule has 0 aliphatic carbocycles. The van der Waals surface area contributed by atoms with E-state index in [4.69, 9.17) is 4.74 Å². The van der Waals surface area contributed by atoms with Gasteiger partial charge in [-0.25, -0.2) is 9.97 Å². The van der Waals surface area contributed by atoms with Crippen LogP contribution in [0.15, 0.2) is 30.7 Å². The minimum absolute atomic E-state index is 0.0349. The fourth-order valence-electron chi connectivity index (χ4n) is 2.75. The number of pyridine rings is 1. The number of aryl methyl sites for hydroxylation is 1. The van der Waals surface area contributed by atoms with E-state index < -0.39 is 0 Å². The molecule has 1 aliphatic rings. The van der Waals surface area contributed by atoms with Gasteiger partial charge >= 0.3 is 0 Å². The second kappa shape index (κ2) is 6.83. The summed E-state index contributed by atoms with van der Waals surface area (Å²) in [6.45, 7) is 3.49. The van der Waals surface area contributed by atoms with Crippen molar-refractivity contribution < 1.29 is 9.53 Å². The van der Waals surface area contributed by atoms with Gasteiger partial charge in [-0.05, 0) is 31.0 Å². The molecule has 1 aliphatic heterocycles. The second-order valence-electron chi connectivity index (χ2n) is 5.77. The molecule has 0 bridgehead atoms. The summed E-state index contributed by atoms with van der Waals surface area (Å²) in [5.74, 6) is 0.773. The minimum atomic E-state index is -0.0349. The van der Waals surface area contributed by atoms with E-state index in [0.29, 0.717) is 25.6 Å². The molecule has 1 atom stereocenters. The molecule has 23 heavy (non-hydrogen) atoms. The highest BCUT2D eigenvalue weighted by Crippen LogP contribution is 2.23. The van der Waals surface area contributed by atoms with Gasteiger partial charge < -0.3 is 9.64 Å². The zero-order chi connectivity index (χ0) is 16.2. The molecule has 3 rings (SSSR count). The highest BCUT2D eigenvalue weighted by atomic mass is 16.5. The number of carbonyl (C=O) groups excluding carboxylic acids is 1. The Morgan fingerprint density at radius 3 is 2.87 bits per heavy atom. The van der Waals surface area contributed by atoms with Crippen molar-refractivity contribution in [3.8, 4) is 11.1 Å². The Kier molecular flexibility index (Phi) is 4.62. The van der Waals surface area contributed by atoms with Gasteiger partial charge in [-0.15, -0.1) is 0 Å². The van der Waals surface area contributed by atoms with Crippen molar-refractivity contribution in [1.29, 1.82) is 0 Å². The highest BCUT2D eigenvalue weighted by Gasteiger charge is 2.27. The Hall–Kier alpha value is -2.34. The number of nitrogens with zero attached hydrogens (tertiary/aromatic N) is 4. The predicted octanol–water partition coefficient (Wildman–Crippen LogP) is 1.84. The van der Waals surface area contributed by atoms with E-state index in [1.54, 1.807) is 17.3 Å². The zero-order valence-electron chi connectivity index (χ0n) is 13.4. The Morgan fingerprint density at radius 1 is 1.39 bits per heavy atom. The van der Waals surface area contributed by atoms with Crippen molar-refractivity contribution in [2.24, 2.45) is 5.92 Å². The fraction of sp³-hybridized carbons (Fsp3) is 0.412. The number of amides is 1. The molecular formula is C17H20N4O2. The molecule has 1 fully saturated rings. The van der Waals surface area contributed by atoms with Crippen LogP contribution in [-0.4, -0.2) is 46.0 Å². The molecule has 120 valence electrons. The summed E-state index contributed by atoms with van der Waals surface area (Å²) in [7, 11) is 1.81. The summed E-state index contributed by atoms with van der Waals surface area (Å²) in [6, 6.07) is 3.84. The monoisotopic (exact) mass is 312 g/mol. The van der Waals surface area contributed by atoms with Gasteiger partial charge in [0.05, 0.1) is 24.8 Å². The quantitative estimate of drug-likeness (QED) is 0.861. The van der Waals surface area contributed by atoms with Gasteiger partial charge in [-0.3, -0.25) is 9.78 Å². The van der Waals surface area contributed by atoms with Crippen LogP contribution in [0.3, 0.4) is 0 Å². The fourth-order valence-corrected chi connectivity index (χ4v) is 2.75. The SMILES string of the molecule is Cc1ncc(-c2ccncc2)c(CN(C)C(=O)[C@@H]2CCOC2)n1.